The highest BCUT2D eigenvalue weighted by atomic mass is 35.5. The summed E-state index contributed by atoms with van der Waals surface area (Å²) in [5.74, 6) is 0.813. The summed E-state index contributed by atoms with van der Waals surface area (Å²) in [6.07, 6.45) is 3.24. The number of hydrogen-bond acceptors (Lipinski definition) is 6. The molecule has 0 aliphatic carbocycles. The zero-order valence-corrected chi connectivity index (χ0v) is 13.0. The lowest BCUT2D eigenvalue weighted by molar-refractivity contribution is 0.394. The van der Waals surface area contributed by atoms with Gasteiger partial charge in [0.2, 0.25) is 5.13 Å². The molecular formula is C12H11Cl2N3O2S. The Morgan fingerprint density at radius 3 is 2.65 bits per heavy atom. The second kappa shape index (κ2) is 6.78. The first-order valence-corrected chi connectivity index (χ1v) is 7.09. The van der Waals surface area contributed by atoms with Gasteiger partial charge in [0.1, 0.15) is 10.8 Å². The second-order valence-corrected chi connectivity index (χ2v) is 5.22. The summed E-state index contributed by atoms with van der Waals surface area (Å²) in [5, 5.41) is 7.29. The van der Waals surface area contributed by atoms with E-state index in [1.54, 1.807) is 18.5 Å². The molecule has 0 fully saturated rings. The van der Waals surface area contributed by atoms with Gasteiger partial charge in [-0.2, -0.15) is 5.10 Å². The molecule has 5 nitrogen and oxygen atoms in total. The summed E-state index contributed by atoms with van der Waals surface area (Å²) in [7, 11) is 3.00. The Hall–Kier alpha value is -1.50. The van der Waals surface area contributed by atoms with Crippen molar-refractivity contribution in [2.75, 3.05) is 19.6 Å². The smallest absolute Gasteiger partial charge is 0.203 e. The van der Waals surface area contributed by atoms with Crippen LogP contribution in [0.4, 0.5) is 5.13 Å². The molecule has 1 heterocycles. The number of methoxy groups -OCH3 is 2. The summed E-state index contributed by atoms with van der Waals surface area (Å²) < 4.78 is 10.4. The first-order valence-electron chi connectivity index (χ1n) is 5.46. The monoisotopic (exact) mass is 331 g/mol. The zero-order valence-electron chi connectivity index (χ0n) is 10.7. The van der Waals surface area contributed by atoms with Crippen LogP contribution in [0.5, 0.6) is 11.5 Å². The molecule has 0 aliphatic rings. The van der Waals surface area contributed by atoms with Gasteiger partial charge in [-0.05, 0) is 6.07 Å². The van der Waals surface area contributed by atoms with Crippen LogP contribution in [0.2, 0.25) is 10.0 Å². The number of benzene rings is 1. The molecule has 0 saturated heterocycles. The van der Waals surface area contributed by atoms with Crippen LogP contribution in [0.3, 0.4) is 0 Å². The molecule has 1 aromatic carbocycles. The molecule has 0 bridgehead atoms. The molecule has 2 aromatic rings. The molecule has 0 amide bonds. The lowest BCUT2D eigenvalue weighted by atomic mass is 10.2. The molecule has 0 unspecified atom stereocenters. The van der Waals surface area contributed by atoms with Gasteiger partial charge in [0, 0.05) is 17.1 Å². The van der Waals surface area contributed by atoms with Crippen LogP contribution in [-0.2, 0) is 0 Å². The Labute approximate surface area is 130 Å². The number of halogens is 2. The molecule has 1 aromatic heterocycles. The number of hydrogen-bond donors (Lipinski definition) is 1. The topological polar surface area (TPSA) is 55.7 Å². The molecular weight excluding hydrogens is 321 g/mol. The third kappa shape index (κ3) is 3.15. The SMILES string of the molecule is COc1c(Cl)cc(/C=N\Nc2nccs2)c(OC)c1Cl. The maximum atomic E-state index is 6.17. The highest BCUT2D eigenvalue weighted by molar-refractivity contribution is 7.13. The molecule has 0 saturated carbocycles. The molecule has 2 rings (SSSR count). The van der Waals surface area contributed by atoms with Crippen molar-refractivity contribution in [2.24, 2.45) is 5.10 Å². The minimum Gasteiger partial charge on any atom is -0.494 e. The molecule has 8 heteroatoms. The van der Waals surface area contributed by atoms with Crippen molar-refractivity contribution in [3.63, 3.8) is 0 Å². The van der Waals surface area contributed by atoms with E-state index in [-0.39, 0.29) is 0 Å². The summed E-state index contributed by atoms with van der Waals surface area (Å²) in [5.41, 5.74) is 3.43. The largest absolute Gasteiger partial charge is 0.494 e. The van der Waals surface area contributed by atoms with Crippen molar-refractivity contribution in [2.45, 2.75) is 0 Å². The number of hydrazone groups is 1. The third-order valence-corrected chi connectivity index (χ3v) is 3.67. The number of nitrogens with one attached hydrogen (secondary N) is 1. The number of rotatable bonds is 5. The van der Waals surface area contributed by atoms with Crippen molar-refractivity contribution in [1.29, 1.82) is 0 Å². The van der Waals surface area contributed by atoms with Crippen LogP contribution in [0.1, 0.15) is 5.56 Å². The Kier molecular flexibility index (Phi) is 5.05. The Balaban J connectivity index is 2.29. The van der Waals surface area contributed by atoms with Gasteiger partial charge in [-0.3, -0.25) is 5.43 Å². The standard InChI is InChI=1S/C12H11Cl2N3O2S/c1-18-10-7(5-8(13)11(19-2)9(10)14)6-16-17-12-15-3-4-20-12/h3-6H,1-2H3,(H,15,17)/b16-6-. The fourth-order valence-corrected chi connectivity index (χ4v) is 2.71. The molecule has 0 aliphatic heterocycles. The zero-order chi connectivity index (χ0) is 14.5. The van der Waals surface area contributed by atoms with Gasteiger partial charge in [-0.15, -0.1) is 11.3 Å². The van der Waals surface area contributed by atoms with Crippen molar-refractivity contribution < 1.29 is 9.47 Å². The molecule has 0 atom stereocenters. The predicted octanol–water partition coefficient (Wildman–Crippen LogP) is 3.91. The summed E-state index contributed by atoms with van der Waals surface area (Å²) in [6.45, 7) is 0. The van der Waals surface area contributed by atoms with Crippen molar-refractivity contribution in [3.8, 4) is 11.5 Å². The minimum absolute atomic E-state index is 0.304. The van der Waals surface area contributed by atoms with E-state index >= 15 is 0 Å². The minimum atomic E-state index is 0.304. The van der Waals surface area contributed by atoms with Crippen LogP contribution >= 0.6 is 34.5 Å². The van der Waals surface area contributed by atoms with E-state index in [1.165, 1.54) is 25.6 Å². The van der Waals surface area contributed by atoms with Gasteiger partial charge in [0.25, 0.3) is 0 Å². The van der Waals surface area contributed by atoms with E-state index in [2.05, 4.69) is 15.5 Å². The summed E-state index contributed by atoms with van der Waals surface area (Å²) in [6, 6.07) is 1.66. The van der Waals surface area contributed by atoms with Gasteiger partial charge in [-0.25, -0.2) is 4.98 Å². The van der Waals surface area contributed by atoms with Gasteiger partial charge in [0.05, 0.1) is 25.5 Å². The van der Waals surface area contributed by atoms with E-state index in [9.17, 15) is 0 Å². The Bertz CT molecular complexity index is 618. The van der Waals surface area contributed by atoms with Crippen LogP contribution in [-0.4, -0.2) is 25.4 Å². The normalized spacial score (nSPS) is 10.8. The van der Waals surface area contributed by atoms with Crippen molar-refractivity contribution >= 4 is 45.9 Å². The quantitative estimate of drug-likeness (QED) is 0.666. The number of aromatic nitrogens is 1. The fourth-order valence-electron chi connectivity index (χ4n) is 1.53. The van der Waals surface area contributed by atoms with Crippen LogP contribution in [0, 0.1) is 0 Å². The Morgan fingerprint density at radius 2 is 2.05 bits per heavy atom. The molecule has 1 N–H and O–H groups in total. The number of anilines is 1. The highest BCUT2D eigenvalue weighted by Crippen LogP contribution is 2.41. The van der Waals surface area contributed by atoms with Crippen LogP contribution < -0.4 is 14.9 Å². The van der Waals surface area contributed by atoms with Gasteiger partial charge in [-0.1, -0.05) is 23.2 Å². The van der Waals surface area contributed by atoms with Crippen molar-refractivity contribution in [3.05, 3.63) is 33.3 Å². The van der Waals surface area contributed by atoms with E-state index in [1.807, 2.05) is 5.38 Å². The van der Waals surface area contributed by atoms with E-state index in [0.717, 1.165) is 0 Å². The third-order valence-electron chi connectivity index (χ3n) is 2.36. The van der Waals surface area contributed by atoms with Gasteiger partial charge in [0.15, 0.2) is 5.75 Å². The maximum Gasteiger partial charge on any atom is 0.203 e. The number of nitrogens with zero attached hydrogens (tertiary/aromatic N) is 2. The highest BCUT2D eigenvalue weighted by Gasteiger charge is 2.16. The molecule has 0 spiro atoms. The van der Waals surface area contributed by atoms with Crippen LogP contribution in [0.15, 0.2) is 22.7 Å². The Morgan fingerprint density at radius 1 is 1.30 bits per heavy atom. The molecule has 20 heavy (non-hydrogen) atoms. The first-order chi connectivity index (χ1) is 9.67. The lowest BCUT2D eigenvalue weighted by Gasteiger charge is -2.12. The number of ether oxygens (including phenoxy) is 2. The lowest BCUT2D eigenvalue weighted by Crippen LogP contribution is -1.97. The predicted molar refractivity (Wildman–Crippen MR) is 82.9 cm³/mol. The molecule has 106 valence electrons. The van der Waals surface area contributed by atoms with Crippen LogP contribution in [0.25, 0.3) is 0 Å². The summed E-state index contributed by atoms with van der Waals surface area (Å²) in [4.78, 5) is 4.04. The average molecular weight is 332 g/mol. The van der Waals surface area contributed by atoms with Gasteiger partial charge < -0.3 is 9.47 Å². The van der Waals surface area contributed by atoms with Crippen molar-refractivity contribution in [1.82, 2.24) is 4.98 Å². The maximum absolute atomic E-state index is 6.17. The summed E-state index contributed by atoms with van der Waals surface area (Å²) >= 11 is 13.7. The average Bonchev–Trinajstić information content (AvgIpc) is 2.92. The van der Waals surface area contributed by atoms with E-state index < -0.39 is 0 Å². The number of thiazole rings is 1. The van der Waals surface area contributed by atoms with E-state index in [0.29, 0.717) is 32.2 Å². The fraction of sp³-hybridized carbons (Fsp3) is 0.167. The van der Waals surface area contributed by atoms with E-state index in [4.69, 9.17) is 32.7 Å². The van der Waals surface area contributed by atoms with Gasteiger partial charge >= 0.3 is 0 Å². The molecule has 0 radical (unpaired) electrons. The second-order valence-electron chi connectivity index (χ2n) is 3.54. The first kappa shape index (κ1) is 14.9.